The number of fused-ring (bicyclic) bond motifs is 1. The van der Waals surface area contributed by atoms with Crippen molar-refractivity contribution >= 4 is 5.97 Å². The molecular weight excluding hydrogens is 240 g/mol. The molecule has 106 valence electrons. The molecule has 0 amide bonds. The molecule has 0 saturated carbocycles. The largest absolute Gasteiger partial charge is 0.481 e. The molecule has 0 saturated heterocycles. The van der Waals surface area contributed by atoms with E-state index in [4.69, 9.17) is 10.1 Å². The van der Waals surface area contributed by atoms with Gasteiger partial charge in [-0.25, -0.2) is 4.98 Å². The van der Waals surface area contributed by atoms with Crippen LogP contribution in [-0.2, 0) is 17.6 Å². The lowest BCUT2D eigenvalue weighted by Gasteiger charge is -2.16. The number of rotatable bonds is 6. The van der Waals surface area contributed by atoms with Crippen LogP contribution in [0, 0.1) is 5.92 Å². The first-order valence-corrected chi connectivity index (χ1v) is 7.46. The Bertz CT molecular complexity index is 439. The van der Waals surface area contributed by atoms with Gasteiger partial charge in [-0.1, -0.05) is 26.7 Å². The highest BCUT2D eigenvalue weighted by molar-refractivity contribution is 5.70. The van der Waals surface area contributed by atoms with Crippen LogP contribution >= 0.6 is 0 Å². The van der Waals surface area contributed by atoms with Crippen LogP contribution in [-0.4, -0.2) is 21.0 Å². The maximum absolute atomic E-state index is 11.1. The van der Waals surface area contributed by atoms with Crippen LogP contribution in [0.15, 0.2) is 0 Å². The van der Waals surface area contributed by atoms with Gasteiger partial charge in [0.2, 0.25) is 0 Å². The fourth-order valence-corrected chi connectivity index (χ4v) is 2.89. The summed E-state index contributed by atoms with van der Waals surface area (Å²) >= 11 is 0. The molecule has 0 aromatic carbocycles. The summed E-state index contributed by atoms with van der Waals surface area (Å²) in [7, 11) is 0. The number of aliphatic carboxylic acids is 1. The molecule has 2 N–H and O–H groups in total. The van der Waals surface area contributed by atoms with E-state index in [2.05, 4.69) is 18.8 Å². The topological polar surface area (TPSA) is 66.0 Å². The van der Waals surface area contributed by atoms with Gasteiger partial charge < -0.3 is 10.1 Å². The standard InChI is InChI=1S/C15H24N2O2/c1-3-5-6-10(4-2)14-16-12-8-7-11(15(18)19)9-13(12)17-14/h10-11H,3-9H2,1-2H3,(H,16,17)(H,18,19). The van der Waals surface area contributed by atoms with E-state index < -0.39 is 5.97 Å². The molecule has 4 nitrogen and oxygen atoms in total. The Kier molecular flexibility index (Phi) is 4.61. The number of hydrogen-bond acceptors (Lipinski definition) is 2. The van der Waals surface area contributed by atoms with Gasteiger partial charge in [-0.3, -0.25) is 4.79 Å². The average Bonchev–Trinajstić information content (AvgIpc) is 2.82. The number of aryl methyl sites for hydroxylation is 1. The number of aromatic nitrogens is 2. The van der Waals surface area contributed by atoms with Crippen molar-refractivity contribution in [3.05, 3.63) is 17.2 Å². The zero-order valence-corrected chi connectivity index (χ0v) is 11.9. The third-order valence-electron chi connectivity index (χ3n) is 4.20. The molecule has 1 aliphatic carbocycles. The molecule has 0 bridgehead atoms. The van der Waals surface area contributed by atoms with Crippen molar-refractivity contribution in [2.75, 3.05) is 0 Å². The minimum absolute atomic E-state index is 0.239. The first-order valence-electron chi connectivity index (χ1n) is 7.46. The third kappa shape index (κ3) is 3.17. The summed E-state index contributed by atoms with van der Waals surface area (Å²) in [6.07, 6.45) is 6.82. The molecule has 19 heavy (non-hydrogen) atoms. The van der Waals surface area contributed by atoms with E-state index in [1.165, 1.54) is 19.3 Å². The number of nitrogens with zero attached hydrogens (tertiary/aromatic N) is 1. The minimum Gasteiger partial charge on any atom is -0.481 e. The number of carbonyl (C=O) groups is 1. The second-order valence-electron chi connectivity index (χ2n) is 5.57. The summed E-state index contributed by atoms with van der Waals surface area (Å²) in [6.45, 7) is 4.40. The molecule has 2 rings (SSSR count). The van der Waals surface area contributed by atoms with Gasteiger partial charge >= 0.3 is 5.97 Å². The van der Waals surface area contributed by atoms with Gasteiger partial charge in [0.1, 0.15) is 5.82 Å². The molecular formula is C15H24N2O2. The van der Waals surface area contributed by atoms with Gasteiger partial charge in [0.15, 0.2) is 0 Å². The molecule has 0 radical (unpaired) electrons. The molecule has 0 spiro atoms. The highest BCUT2D eigenvalue weighted by Gasteiger charge is 2.27. The summed E-state index contributed by atoms with van der Waals surface area (Å²) in [5.41, 5.74) is 2.16. The molecule has 0 fully saturated rings. The lowest BCUT2D eigenvalue weighted by atomic mass is 9.90. The zero-order chi connectivity index (χ0) is 13.8. The first-order chi connectivity index (χ1) is 9.15. The fraction of sp³-hybridized carbons (Fsp3) is 0.733. The Balaban J connectivity index is 2.11. The lowest BCUT2D eigenvalue weighted by molar-refractivity contribution is -0.142. The molecule has 2 atom stereocenters. The zero-order valence-electron chi connectivity index (χ0n) is 11.9. The van der Waals surface area contributed by atoms with Gasteiger partial charge in [-0.2, -0.15) is 0 Å². The number of carboxylic acids is 1. The first kappa shape index (κ1) is 14.1. The highest BCUT2D eigenvalue weighted by atomic mass is 16.4. The maximum Gasteiger partial charge on any atom is 0.306 e. The van der Waals surface area contributed by atoms with Crippen LogP contribution in [0.3, 0.4) is 0 Å². The van der Waals surface area contributed by atoms with Crippen LogP contribution in [0.2, 0.25) is 0 Å². The molecule has 1 aromatic rings. The number of unbranched alkanes of at least 4 members (excludes halogenated alkanes) is 1. The van der Waals surface area contributed by atoms with Crippen molar-refractivity contribution in [3.63, 3.8) is 0 Å². The molecule has 0 aliphatic heterocycles. The monoisotopic (exact) mass is 264 g/mol. The Labute approximate surface area is 114 Å². The quantitative estimate of drug-likeness (QED) is 0.828. The Hall–Kier alpha value is -1.32. The third-order valence-corrected chi connectivity index (χ3v) is 4.20. The maximum atomic E-state index is 11.1. The van der Waals surface area contributed by atoms with Crippen LogP contribution in [0.5, 0.6) is 0 Å². The van der Waals surface area contributed by atoms with Gasteiger partial charge in [0.25, 0.3) is 0 Å². The fourth-order valence-electron chi connectivity index (χ4n) is 2.89. The number of H-pyrrole nitrogens is 1. The van der Waals surface area contributed by atoms with Crippen molar-refractivity contribution in [1.29, 1.82) is 0 Å². The second-order valence-corrected chi connectivity index (χ2v) is 5.57. The number of nitrogens with one attached hydrogen (secondary N) is 1. The van der Waals surface area contributed by atoms with Gasteiger partial charge in [-0.05, 0) is 25.7 Å². The second kappa shape index (κ2) is 6.22. The Morgan fingerprint density at radius 2 is 2.32 bits per heavy atom. The van der Waals surface area contributed by atoms with E-state index in [9.17, 15) is 4.79 Å². The van der Waals surface area contributed by atoms with Crippen LogP contribution in [0.4, 0.5) is 0 Å². The highest BCUT2D eigenvalue weighted by Crippen LogP contribution is 2.29. The van der Waals surface area contributed by atoms with Crippen LogP contribution in [0.1, 0.15) is 69.1 Å². The predicted molar refractivity (Wildman–Crippen MR) is 74.3 cm³/mol. The van der Waals surface area contributed by atoms with Crippen molar-refractivity contribution in [3.8, 4) is 0 Å². The SMILES string of the molecule is CCCCC(CC)c1nc2c([nH]1)CC(C(=O)O)CC2. The van der Waals surface area contributed by atoms with Crippen LogP contribution in [0.25, 0.3) is 0 Å². The van der Waals surface area contributed by atoms with E-state index in [1.54, 1.807) is 0 Å². The number of aromatic amines is 1. The summed E-state index contributed by atoms with van der Waals surface area (Å²) in [5, 5.41) is 9.11. The summed E-state index contributed by atoms with van der Waals surface area (Å²) in [5.74, 6) is 0.650. The lowest BCUT2D eigenvalue weighted by Crippen LogP contribution is -2.22. The smallest absolute Gasteiger partial charge is 0.306 e. The average molecular weight is 264 g/mol. The normalized spacial score (nSPS) is 20.0. The molecule has 4 heteroatoms. The summed E-state index contributed by atoms with van der Waals surface area (Å²) in [4.78, 5) is 19.2. The summed E-state index contributed by atoms with van der Waals surface area (Å²) < 4.78 is 0. The molecule has 1 aromatic heterocycles. The predicted octanol–water partition coefficient (Wildman–Crippen LogP) is 3.28. The van der Waals surface area contributed by atoms with Crippen LogP contribution < -0.4 is 0 Å². The molecule has 2 unspecified atom stereocenters. The van der Waals surface area contributed by atoms with E-state index in [0.717, 1.165) is 36.5 Å². The van der Waals surface area contributed by atoms with Crippen molar-refractivity contribution in [2.24, 2.45) is 5.92 Å². The van der Waals surface area contributed by atoms with Gasteiger partial charge in [0, 0.05) is 18.0 Å². The van der Waals surface area contributed by atoms with E-state index in [1.807, 2.05) is 0 Å². The number of hydrogen-bond donors (Lipinski definition) is 2. The van der Waals surface area contributed by atoms with Gasteiger partial charge in [-0.15, -0.1) is 0 Å². The summed E-state index contributed by atoms with van der Waals surface area (Å²) in [6, 6.07) is 0. The number of imidazole rings is 1. The Morgan fingerprint density at radius 3 is 2.95 bits per heavy atom. The van der Waals surface area contributed by atoms with E-state index >= 15 is 0 Å². The molecule has 1 heterocycles. The Morgan fingerprint density at radius 1 is 1.53 bits per heavy atom. The van der Waals surface area contributed by atoms with Crippen molar-refractivity contribution < 1.29 is 9.90 Å². The minimum atomic E-state index is -0.681. The van der Waals surface area contributed by atoms with Crippen molar-refractivity contribution in [1.82, 2.24) is 9.97 Å². The van der Waals surface area contributed by atoms with Crippen molar-refractivity contribution in [2.45, 2.75) is 64.7 Å². The van der Waals surface area contributed by atoms with Gasteiger partial charge in [0.05, 0.1) is 11.6 Å². The van der Waals surface area contributed by atoms with E-state index in [0.29, 0.717) is 12.3 Å². The number of carboxylic acid groups (broad SMARTS) is 1. The van der Waals surface area contributed by atoms with E-state index in [-0.39, 0.29) is 5.92 Å². The molecule has 1 aliphatic rings.